The Morgan fingerprint density at radius 1 is 0.692 bits per heavy atom. The zero-order chi connectivity index (χ0) is 17.8. The molecule has 0 radical (unpaired) electrons. The SMILES string of the molecule is Ic1ccc(-c2nc(-c3ccccc3)ncc2Sc2ccccc2)cc1. The van der Waals surface area contributed by atoms with Crippen molar-refractivity contribution in [2.45, 2.75) is 9.79 Å². The quantitative estimate of drug-likeness (QED) is 0.319. The summed E-state index contributed by atoms with van der Waals surface area (Å²) in [6.45, 7) is 0. The summed E-state index contributed by atoms with van der Waals surface area (Å²) in [5, 5.41) is 0. The van der Waals surface area contributed by atoms with Gasteiger partial charge in [0.05, 0.1) is 10.6 Å². The fraction of sp³-hybridized carbons (Fsp3) is 0. The molecule has 0 unspecified atom stereocenters. The number of rotatable bonds is 4. The number of benzene rings is 3. The van der Waals surface area contributed by atoms with Gasteiger partial charge < -0.3 is 0 Å². The molecular weight excluding hydrogens is 451 g/mol. The van der Waals surface area contributed by atoms with Crippen molar-refractivity contribution in [2.75, 3.05) is 0 Å². The minimum absolute atomic E-state index is 0.747. The smallest absolute Gasteiger partial charge is 0.159 e. The van der Waals surface area contributed by atoms with Crippen LogP contribution in [0.2, 0.25) is 0 Å². The van der Waals surface area contributed by atoms with Gasteiger partial charge in [-0.05, 0) is 46.9 Å². The summed E-state index contributed by atoms with van der Waals surface area (Å²) >= 11 is 4.01. The third-order valence-electron chi connectivity index (χ3n) is 3.88. The van der Waals surface area contributed by atoms with Gasteiger partial charge in [-0.25, -0.2) is 9.97 Å². The van der Waals surface area contributed by atoms with Gasteiger partial charge in [0.2, 0.25) is 0 Å². The van der Waals surface area contributed by atoms with Crippen molar-refractivity contribution in [1.29, 1.82) is 0 Å². The highest BCUT2D eigenvalue weighted by molar-refractivity contribution is 14.1. The lowest BCUT2D eigenvalue weighted by Gasteiger charge is -2.11. The molecule has 26 heavy (non-hydrogen) atoms. The fourth-order valence-electron chi connectivity index (χ4n) is 2.60. The number of halogens is 1. The van der Waals surface area contributed by atoms with Crippen molar-refractivity contribution < 1.29 is 0 Å². The van der Waals surface area contributed by atoms with Crippen LogP contribution in [-0.4, -0.2) is 9.97 Å². The molecule has 1 heterocycles. The van der Waals surface area contributed by atoms with E-state index in [2.05, 4.69) is 64.0 Å². The maximum atomic E-state index is 4.90. The van der Waals surface area contributed by atoms with E-state index in [0.717, 1.165) is 27.5 Å². The Kier molecular flexibility index (Phi) is 5.32. The summed E-state index contributed by atoms with van der Waals surface area (Å²) in [6, 6.07) is 28.9. The van der Waals surface area contributed by atoms with Crippen LogP contribution < -0.4 is 0 Å². The Morgan fingerprint density at radius 3 is 2.04 bits per heavy atom. The van der Waals surface area contributed by atoms with Gasteiger partial charge in [-0.1, -0.05) is 72.4 Å². The van der Waals surface area contributed by atoms with E-state index in [1.807, 2.05) is 54.7 Å². The van der Waals surface area contributed by atoms with E-state index in [9.17, 15) is 0 Å². The molecule has 2 nitrogen and oxygen atoms in total. The van der Waals surface area contributed by atoms with Crippen LogP contribution in [0.15, 0.2) is 101 Å². The van der Waals surface area contributed by atoms with Crippen molar-refractivity contribution >= 4 is 34.4 Å². The third-order valence-corrected chi connectivity index (χ3v) is 5.62. The fourth-order valence-corrected chi connectivity index (χ4v) is 3.87. The summed E-state index contributed by atoms with van der Waals surface area (Å²) in [5.74, 6) is 0.747. The zero-order valence-electron chi connectivity index (χ0n) is 13.8. The minimum atomic E-state index is 0.747. The molecule has 0 spiro atoms. The average Bonchev–Trinajstić information content (AvgIpc) is 2.70. The molecule has 0 saturated heterocycles. The summed E-state index contributed by atoms with van der Waals surface area (Å²) < 4.78 is 1.21. The number of hydrogen-bond acceptors (Lipinski definition) is 3. The first kappa shape index (κ1) is 17.2. The van der Waals surface area contributed by atoms with E-state index < -0.39 is 0 Å². The molecule has 0 N–H and O–H groups in total. The third kappa shape index (κ3) is 3.97. The summed E-state index contributed by atoms with van der Waals surface area (Å²) in [5.41, 5.74) is 3.09. The second-order valence-corrected chi connectivity index (χ2v) is 8.06. The predicted molar refractivity (Wildman–Crippen MR) is 116 cm³/mol. The van der Waals surface area contributed by atoms with Crippen LogP contribution in [0.1, 0.15) is 0 Å². The highest BCUT2D eigenvalue weighted by Crippen LogP contribution is 2.35. The molecule has 0 aliphatic carbocycles. The molecule has 3 aromatic carbocycles. The van der Waals surface area contributed by atoms with Crippen LogP contribution in [0.5, 0.6) is 0 Å². The Labute approximate surface area is 170 Å². The molecule has 0 aliphatic heterocycles. The van der Waals surface area contributed by atoms with Gasteiger partial charge in [0.25, 0.3) is 0 Å². The molecular formula is C22H15IN2S. The highest BCUT2D eigenvalue weighted by Gasteiger charge is 2.12. The molecule has 0 saturated carbocycles. The van der Waals surface area contributed by atoms with Crippen molar-refractivity contribution in [3.8, 4) is 22.6 Å². The van der Waals surface area contributed by atoms with Gasteiger partial charge in [-0.2, -0.15) is 0 Å². The lowest BCUT2D eigenvalue weighted by atomic mass is 10.1. The van der Waals surface area contributed by atoms with Gasteiger partial charge in [0.1, 0.15) is 0 Å². The molecule has 1 aromatic heterocycles. The first-order valence-corrected chi connectivity index (χ1v) is 10.1. The predicted octanol–water partition coefficient (Wildman–Crippen LogP) is 6.57. The van der Waals surface area contributed by atoms with Crippen LogP contribution >= 0.6 is 34.4 Å². The van der Waals surface area contributed by atoms with Gasteiger partial charge in [0, 0.05) is 25.8 Å². The normalized spacial score (nSPS) is 10.7. The van der Waals surface area contributed by atoms with Crippen LogP contribution in [0.4, 0.5) is 0 Å². The summed E-state index contributed by atoms with van der Waals surface area (Å²) in [4.78, 5) is 11.7. The van der Waals surface area contributed by atoms with E-state index >= 15 is 0 Å². The molecule has 4 heteroatoms. The largest absolute Gasteiger partial charge is 0.235 e. The van der Waals surface area contributed by atoms with Crippen molar-refractivity contribution in [3.63, 3.8) is 0 Å². The van der Waals surface area contributed by atoms with Gasteiger partial charge >= 0.3 is 0 Å². The number of nitrogens with zero attached hydrogens (tertiary/aromatic N) is 2. The monoisotopic (exact) mass is 466 g/mol. The molecule has 4 rings (SSSR count). The van der Waals surface area contributed by atoms with E-state index in [1.54, 1.807) is 11.8 Å². The molecule has 0 amide bonds. The van der Waals surface area contributed by atoms with E-state index in [-0.39, 0.29) is 0 Å². The molecule has 0 bridgehead atoms. The lowest BCUT2D eigenvalue weighted by Crippen LogP contribution is -1.95. The zero-order valence-corrected chi connectivity index (χ0v) is 16.8. The first-order valence-electron chi connectivity index (χ1n) is 8.21. The number of aromatic nitrogens is 2. The van der Waals surface area contributed by atoms with Crippen LogP contribution in [0.25, 0.3) is 22.6 Å². The maximum Gasteiger partial charge on any atom is 0.159 e. The topological polar surface area (TPSA) is 25.8 Å². The average molecular weight is 466 g/mol. The standard InChI is InChI=1S/C22H15IN2S/c23-18-13-11-16(12-14-18)21-20(26-19-9-5-2-6-10-19)15-24-22(25-21)17-7-3-1-4-8-17/h1-15H. The number of hydrogen-bond donors (Lipinski definition) is 0. The van der Waals surface area contributed by atoms with Crippen molar-refractivity contribution in [1.82, 2.24) is 9.97 Å². The molecule has 0 aliphatic rings. The van der Waals surface area contributed by atoms with Crippen LogP contribution in [-0.2, 0) is 0 Å². The minimum Gasteiger partial charge on any atom is -0.235 e. The van der Waals surface area contributed by atoms with Crippen molar-refractivity contribution in [2.24, 2.45) is 0 Å². The van der Waals surface area contributed by atoms with Gasteiger partial charge in [0.15, 0.2) is 5.82 Å². The second-order valence-electron chi connectivity index (χ2n) is 5.69. The van der Waals surface area contributed by atoms with Gasteiger partial charge in [-0.15, -0.1) is 0 Å². The summed E-state index contributed by atoms with van der Waals surface area (Å²) in [6.07, 6.45) is 1.93. The van der Waals surface area contributed by atoms with E-state index in [1.165, 1.54) is 8.47 Å². The Balaban J connectivity index is 1.81. The molecule has 126 valence electrons. The Hall–Kier alpha value is -2.18. The summed E-state index contributed by atoms with van der Waals surface area (Å²) in [7, 11) is 0. The molecule has 0 atom stereocenters. The van der Waals surface area contributed by atoms with Gasteiger partial charge in [-0.3, -0.25) is 0 Å². The Bertz CT molecular complexity index is 1000. The maximum absolute atomic E-state index is 4.90. The van der Waals surface area contributed by atoms with Crippen LogP contribution in [0.3, 0.4) is 0 Å². The second kappa shape index (κ2) is 8.01. The van der Waals surface area contributed by atoms with E-state index in [4.69, 9.17) is 4.98 Å². The van der Waals surface area contributed by atoms with E-state index in [0.29, 0.717) is 0 Å². The van der Waals surface area contributed by atoms with Crippen LogP contribution in [0, 0.1) is 3.57 Å². The highest BCUT2D eigenvalue weighted by atomic mass is 127. The molecule has 0 fully saturated rings. The Morgan fingerprint density at radius 2 is 1.35 bits per heavy atom. The lowest BCUT2D eigenvalue weighted by molar-refractivity contribution is 1.11. The van der Waals surface area contributed by atoms with Crippen molar-refractivity contribution in [3.05, 3.63) is 94.7 Å². The first-order chi connectivity index (χ1) is 12.8. The molecule has 4 aromatic rings.